The van der Waals surface area contributed by atoms with E-state index in [-0.39, 0.29) is 48.8 Å². The van der Waals surface area contributed by atoms with Crippen molar-refractivity contribution in [3.05, 3.63) is 12.2 Å². The normalized spacial score (nSPS) is 11.8. The van der Waals surface area contributed by atoms with E-state index in [1.807, 2.05) is 0 Å². The Morgan fingerprint density at radius 1 is 0.833 bits per heavy atom. The number of carbonyl (C=O) groups is 3. The Morgan fingerprint density at radius 2 is 1.33 bits per heavy atom. The Balaban J connectivity index is 0. The molecule has 0 rings (SSSR count). The molecule has 0 amide bonds. The zero-order chi connectivity index (χ0) is 21.7. The molecule has 6 nitrogen and oxygen atoms in total. The molecule has 0 bridgehead atoms. The van der Waals surface area contributed by atoms with Crippen molar-refractivity contribution < 1.29 is 53.8 Å². The molecule has 0 saturated heterocycles. The zero-order valence-corrected chi connectivity index (χ0v) is 21.2. The average Bonchev–Trinajstić information content (AvgIpc) is 2.68. The van der Waals surface area contributed by atoms with E-state index in [1.54, 1.807) is 0 Å². The smallest absolute Gasteiger partial charge is 0.550 e. The Hall–Kier alpha value is -0.690. The maximum atomic E-state index is 11.6. The summed E-state index contributed by atoms with van der Waals surface area (Å²) in [7, 11) is 0. The molecule has 0 aromatic rings. The molecule has 0 aromatic heterocycles. The molecule has 0 spiro atoms. The Kier molecular flexibility index (Phi) is 24.1. The van der Waals surface area contributed by atoms with E-state index >= 15 is 0 Å². The standard InChI is InChI=1S/C23H41NO5.Na/c1-2-3-4-5-6-7-8-9-10-11-12-13-14-15-16-17-22(27)29-23(28)20(24)18-19-21(25)26;/h9-10,20H,2-8,11-19,24H2,1H3,(H,25,26);/q;+1/p-1/t20-;/m0./s1. The molecule has 7 heteroatoms. The van der Waals surface area contributed by atoms with E-state index in [1.165, 1.54) is 44.9 Å². The van der Waals surface area contributed by atoms with Gasteiger partial charge in [-0.3, -0.25) is 4.79 Å². The van der Waals surface area contributed by atoms with Crippen molar-refractivity contribution in [2.75, 3.05) is 0 Å². The van der Waals surface area contributed by atoms with E-state index in [0.29, 0.717) is 6.42 Å². The number of ether oxygens (including phenoxy) is 1. The zero-order valence-electron chi connectivity index (χ0n) is 19.2. The molecule has 0 fully saturated rings. The van der Waals surface area contributed by atoms with Crippen molar-refractivity contribution in [2.24, 2.45) is 5.73 Å². The van der Waals surface area contributed by atoms with Crippen LogP contribution in [0.15, 0.2) is 12.2 Å². The van der Waals surface area contributed by atoms with Gasteiger partial charge in [0.25, 0.3) is 0 Å². The number of unbranched alkanes of at least 4 members (excludes halogenated alkanes) is 11. The van der Waals surface area contributed by atoms with Crippen molar-refractivity contribution in [3.63, 3.8) is 0 Å². The predicted molar refractivity (Wildman–Crippen MR) is 113 cm³/mol. The monoisotopic (exact) mass is 433 g/mol. The molecule has 0 aromatic carbocycles. The van der Waals surface area contributed by atoms with Gasteiger partial charge in [-0.15, -0.1) is 0 Å². The summed E-state index contributed by atoms with van der Waals surface area (Å²) in [5, 5.41) is 10.3. The SMILES string of the molecule is CCCCCCCCC=CCCCCCCCC(=O)OC(=O)[C@@H](N)CCC(=O)[O-].[Na+]. The number of carbonyl (C=O) groups excluding carboxylic acids is 3. The molecule has 0 saturated carbocycles. The first-order valence-electron chi connectivity index (χ1n) is 11.3. The van der Waals surface area contributed by atoms with Crippen molar-refractivity contribution in [3.8, 4) is 0 Å². The van der Waals surface area contributed by atoms with Crippen molar-refractivity contribution in [2.45, 2.75) is 116 Å². The third-order valence-corrected chi connectivity index (χ3v) is 4.82. The number of allylic oxidation sites excluding steroid dienone is 2. The maximum Gasteiger partial charge on any atom is 1.00 e. The largest absolute Gasteiger partial charge is 1.00 e. The van der Waals surface area contributed by atoms with Gasteiger partial charge in [-0.1, -0.05) is 70.4 Å². The Bertz CT molecular complexity index is 482. The van der Waals surface area contributed by atoms with Crippen LogP contribution >= 0.6 is 0 Å². The Labute approximate surface area is 204 Å². The summed E-state index contributed by atoms with van der Waals surface area (Å²) < 4.78 is 4.64. The number of hydrogen-bond donors (Lipinski definition) is 1. The summed E-state index contributed by atoms with van der Waals surface area (Å²) in [6.45, 7) is 2.24. The Morgan fingerprint density at radius 3 is 1.87 bits per heavy atom. The number of aliphatic carboxylic acids is 1. The van der Waals surface area contributed by atoms with Crippen LogP contribution in [-0.2, 0) is 19.1 Å². The molecule has 0 aliphatic carbocycles. The van der Waals surface area contributed by atoms with E-state index in [0.717, 1.165) is 32.1 Å². The van der Waals surface area contributed by atoms with Crippen LogP contribution in [-0.4, -0.2) is 23.9 Å². The quantitative estimate of drug-likeness (QED) is 0.107. The van der Waals surface area contributed by atoms with Crippen molar-refractivity contribution in [1.29, 1.82) is 0 Å². The van der Waals surface area contributed by atoms with Gasteiger partial charge in [-0.2, -0.15) is 0 Å². The van der Waals surface area contributed by atoms with Gasteiger partial charge in [0, 0.05) is 12.4 Å². The summed E-state index contributed by atoms with van der Waals surface area (Å²) in [5.74, 6) is -2.76. The fraction of sp³-hybridized carbons (Fsp3) is 0.783. The number of rotatable bonds is 19. The summed E-state index contributed by atoms with van der Waals surface area (Å²) in [5.41, 5.74) is 5.48. The molecule has 1 atom stereocenters. The molecular weight excluding hydrogens is 393 g/mol. The summed E-state index contributed by atoms with van der Waals surface area (Å²) in [6, 6.07) is -1.11. The van der Waals surface area contributed by atoms with Gasteiger partial charge in [-0.25, -0.2) is 4.79 Å². The summed E-state index contributed by atoms with van der Waals surface area (Å²) >= 11 is 0. The van der Waals surface area contributed by atoms with Gasteiger partial charge in [0.2, 0.25) is 0 Å². The first-order valence-corrected chi connectivity index (χ1v) is 11.3. The molecule has 0 unspecified atom stereocenters. The molecule has 30 heavy (non-hydrogen) atoms. The second kappa shape index (κ2) is 23.0. The molecule has 0 heterocycles. The van der Waals surface area contributed by atoms with Crippen LogP contribution in [0.1, 0.15) is 110 Å². The summed E-state index contributed by atoms with van der Waals surface area (Å²) in [6.07, 6.45) is 19.6. The average molecular weight is 434 g/mol. The van der Waals surface area contributed by atoms with Gasteiger partial charge < -0.3 is 20.4 Å². The molecule has 0 aliphatic rings. The molecule has 2 N–H and O–H groups in total. The number of nitrogens with two attached hydrogens (primary N) is 1. The van der Waals surface area contributed by atoms with Crippen LogP contribution in [0.3, 0.4) is 0 Å². The first-order chi connectivity index (χ1) is 14.0. The first kappa shape index (κ1) is 31.5. The van der Waals surface area contributed by atoms with Gasteiger partial charge in [-0.05, 0) is 44.9 Å². The van der Waals surface area contributed by atoms with Crippen LogP contribution in [0.2, 0.25) is 0 Å². The minimum Gasteiger partial charge on any atom is -0.550 e. The van der Waals surface area contributed by atoms with E-state index in [4.69, 9.17) is 5.73 Å². The van der Waals surface area contributed by atoms with Gasteiger partial charge in [0.05, 0.1) is 0 Å². The van der Waals surface area contributed by atoms with Crippen molar-refractivity contribution >= 4 is 17.9 Å². The minimum atomic E-state index is -1.28. The minimum absolute atomic E-state index is 0. The van der Waals surface area contributed by atoms with Crippen LogP contribution in [0.4, 0.5) is 0 Å². The van der Waals surface area contributed by atoms with E-state index < -0.39 is 23.9 Å². The van der Waals surface area contributed by atoms with Crippen LogP contribution in [0.5, 0.6) is 0 Å². The number of hydrogen-bond acceptors (Lipinski definition) is 6. The summed E-state index contributed by atoms with van der Waals surface area (Å²) in [4.78, 5) is 33.5. The van der Waals surface area contributed by atoms with Crippen molar-refractivity contribution in [1.82, 2.24) is 0 Å². The molecule has 168 valence electrons. The number of esters is 2. The molecule has 0 aliphatic heterocycles. The second-order valence-electron chi connectivity index (χ2n) is 7.64. The van der Waals surface area contributed by atoms with E-state index in [2.05, 4.69) is 23.8 Å². The maximum absolute atomic E-state index is 11.6. The van der Waals surface area contributed by atoms with E-state index in [9.17, 15) is 19.5 Å². The third kappa shape index (κ3) is 22.0. The second-order valence-corrected chi connectivity index (χ2v) is 7.64. The van der Waals surface area contributed by atoms with Gasteiger partial charge in [0.1, 0.15) is 6.04 Å². The molecular formula is C23H40NNaO5. The fourth-order valence-electron chi connectivity index (χ4n) is 2.97. The molecule has 0 radical (unpaired) electrons. The number of carboxylic acid groups (broad SMARTS) is 1. The van der Waals surface area contributed by atoms with Crippen LogP contribution in [0.25, 0.3) is 0 Å². The third-order valence-electron chi connectivity index (χ3n) is 4.82. The predicted octanol–water partition coefficient (Wildman–Crippen LogP) is 0.955. The van der Waals surface area contributed by atoms with Crippen LogP contribution < -0.4 is 40.4 Å². The van der Waals surface area contributed by atoms with Gasteiger partial charge >= 0.3 is 41.5 Å². The number of carboxylic acids is 1. The van der Waals surface area contributed by atoms with Crippen LogP contribution in [0, 0.1) is 0 Å². The fourth-order valence-corrected chi connectivity index (χ4v) is 2.97. The topological polar surface area (TPSA) is 110 Å². The van der Waals surface area contributed by atoms with Gasteiger partial charge in [0.15, 0.2) is 0 Å².